The molecule has 0 radical (unpaired) electrons. The molecule has 0 spiro atoms. The predicted octanol–water partition coefficient (Wildman–Crippen LogP) is 2.55. The van der Waals surface area contributed by atoms with Crippen molar-refractivity contribution in [3.05, 3.63) is 35.9 Å². The Balaban J connectivity index is 1.81. The van der Waals surface area contributed by atoms with Gasteiger partial charge in [-0.2, -0.15) is 23.4 Å². The summed E-state index contributed by atoms with van der Waals surface area (Å²) >= 11 is 0. The number of aromatic nitrogens is 4. The van der Waals surface area contributed by atoms with E-state index < -0.39 is 12.7 Å². The molecule has 1 fully saturated rings. The highest BCUT2D eigenvalue weighted by atomic mass is 19.4. The number of halogens is 3. The Morgan fingerprint density at radius 3 is 2.79 bits per heavy atom. The third kappa shape index (κ3) is 3.44. The quantitative estimate of drug-likeness (QED) is 0.862. The number of piperidine rings is 1. The molecular formula is C15H18F3N5O. The minimum absolute atomic E-state index is 0.0355. The summed E-state index contributed by atoms with van der Waals surface area (Å²) in [6.07, 6.45) is 1.14. The Labute approximate surface area is 136 Å². The highest BCUT2D eigenvalue weighted by Crippen LogP contribution is 2.31. The molecule has 2 aromatic heterocycles. The molecule has 0 bridgehead atoms. The average Bonchev–Trinajstić information content (AvgIpc) is 3.14. The fourth-order valence-corrected chi connectivity index (χ4v) is 3.09. The summed E-state index contributed by atoms with van der Waals surface area (Å²) in [5, 5.41) is 7.93. The third-order valence-electron chi connectivity index (χ3n) is 4.16. The smallest absolute Gasteiger partial charge is 0.329 e. The Morgan fingerprint density at radius 1 is 1.33 bits per heavy atom. The molecule has 1 aliphatic heterocycles. The Hall–Kier alpha value is -2.32. The first-order valence-electron chi connectivity index (χ1n) is 7.74. The fourth-order valence-electron chi connectivity index (χ4n) is 3.09. The SMILES string of the molecule is Cn1nccc1C1CCCCN1C(=O)c1ccn(CC(F)(F)F)n1. The van der Waals surface area contributed by atoms with Crippen LogP contribution in [0.1, 0.15) is 41.5 Å². The normalized spacial score (nSPS) is 18.8. The van der Waals surface area contributed by atoms with E-state index in [-0.39, 0.29) is 17.6 Å². The van der Waals surface area contributed by atoms with E-state index in [4.69, 9.17) is 0 Å². The number of alkyl halides is 3. The van der Waals surface area contributed by atoms with Crippen molar-refractivity contribution in [1.82, 2.24) is 24.5 Å². The summed E-state index contributed by atoms with van der Waals surface area (Å²) in [5.41, 5.74) is 0.950. The van der Waals surface area contributed by atoms with E-state index in [1.54, 1.807) is 15.8 Å². The molecular weight excluding hydrogens is 323 g/mol. The van der Waals surface area contributed by atoms with E-state index in [2.05, 4.69) is 10.2 Å². The summed E-state index contributed by atoms with van der Waals surface area (Å²) in [6, 6.07) is 3.06. The van der Waals surface area contributed by atoms with Crippen LogP contribution < -0.4 is 0 Å². The van der Waals surface area contributed by atoms with E-state index in [0.717, 1.165) is 29.6 Å². The van der Waals surface area contributed by atoms with Gasteiger partial charge in [0.25, 0.3) is 5.91 Å². The minimum Gasteiger partial charge on any atom is -0.329 e. The monoisotopic (exact) mass is 341 g/mol. The van der Waals surface area contributed by atoms with Crippen molar-refractivity contribution < 1.29 is 18.0 Å². The third-order valence-corrected chi connectivity index (χ3v) is 4.16. The van der Waals surface area contributed by atoms with Gasteiger partial charge in [-0.3, -0.25) is 14.2 Å². The Morgan fingerprint density at radius 2 is 2.12 bits per heavy atom. The van der Waals surface area contributed by atoms with Gasteiger partial charge in [0.15, 0.2) is 0 Å². The van der Waals surface area contributed by atoms with Gasteiger partial charge in [0.2, 0.25) is 0 Å². The molecule has 0 aliphatic carbocycles. The van der Waals surface area contributed by atoms with Crippen LogP contribution in [0.3, 0.4) is 0 Å². The van der Waals surface area contributed by atoms with Crippen LogP contribution in [-0.2, 0) is 13.6 Å². The van der Waals surface area contributed by atoms with E-state index >= 15 is 0 Å². The molecule has 3 rings (SSSR count). The van der Waals surface area contributed by atoms with Gasteiger partial charge < -0.3 is 4.90 Å². The summed E-state index contributed by atoms with van der Waals surface area (Å²) in [7, 11) is 1.81. The van der Waals surface area contributed by atoms with E-state index in [1.165, 1.54) is 12.3 Å². The zero-order valence-corrected chi connectivity index (χ0v) is 13.2. The van der Waals surface area contributed by atoms with Crippen LogP contribution in [0.4, 0.5) is 13.2 Å². The lowest BCUT2D eigenvalue weighted by Gasteiger charge is -2.35. The Kier molecular flexibility index (Phi) is 4.33. The molecule has 3 heterocycles. The highest BCUT2D eigenvalue weighted by Gasteiger charge is 2.32. The van der Waals surface area contributed by atoms with Gasteiger partial charge >= 0.3 is 6.18 Å². The maximum Gasteiger partial charge on any atom is 0.408 e. The molecule has 24 heavy (non-hydrogen) atoms. The van der Waals surface area contributed by atoms with Gasteiger partial charge in [0, 0.05) is 26.0 Å². The van der Waals surface area contributed by atoms with E-state index in [1.807, 2.05) is 13.1 Å². The predicted molar refractivity (Wildman–Crippen MR) is 79.1 cm³/mol. The summed E-state index contributed by atoms with van der Waals surface area (Å²) in [6.45, 7) is -0.647. The zero-order chi connectivity index (χ0) is 17.3. The molecule has 1 unspecified atom stereocenters. The summed E-state index contributed by atoms with van der Waals surface area (Å²) in [5.74, 6) is -0.346. The van der Waals surface area contributed by atoms with Crippen LogP contribution >= 0.6 is 0 Å². The molecule has 0 N–H and O–H groups in total. The molecule has 6 nitrogen and oxygen atoms in total. The van der Waals surface area contributed by atoms with E-state index in [9.17, 15) is 18.0 Å². The summed E-state index contributed by atoms with van der Waals surface area (Å²) in [4.78, 5) is 14.4. The maximum absolute atomic E-state index is 12.7. The second kappa shape index (κ2) is 6.29. The van der Waals surface area contributed by atoms with Crippen molar-refractivity contribution in [3.8, 4) is 0 Å². The highest BCUT2D eigenvalue weighted by molar-refractivity contribution is 5.92. The van der Waals surface area contributed by atoms with Crippen LogP contribution in [0.5, 0.6) is 0 Å². The lowest BCUT2D eigenvalue weighted by Crippen LogP contribution is -2.39. The number of carbonyl (C=O) groups excluding carboxylic acids is 1. The molecule has 0 aromatic carbocycles. The molecule has 1 aliphatic rings. The van der Waals surface area contributed by atoms with Crippen molar-refractivity contribution in [2.45, 2.75) is 38.0 Å². The molecule has 1 saturated heterocycles. The second-order valence-electron chi connectivity index (χ2n) is 5.90. The van der Waals surface area contributed by atoms with Crippen LogP contribution in [0.25, 0.3) is 0 Å². The number of nitrogens with zero attached hydrogens (tertiary/aromatic N) is 5. The van der Waals surface area contributed by atoms with E-state index in [0.29, 0.717) is 6.54 Å². The first kappa shape index (κ1) is 16.5. The largest absolute Gasteiger partial charge is 0.408 e. The molecule has 9 heteroatoms. The van der Waals surface area contributed by atoms with Crippen LogP contribution in [0.15, 0.2) is 24.5 Å². The second-order valence-corrected chi connectivity index (χ2v) is 5.90. The number of amides is 1. The van der Waals surface area contributed by atoms with Gasteiger partial charge in [0.1, 0.15) is 12.2 Å². The zero-order valence-electron chi connectivity index (χ0n) is 13.2. The lowest BCUT2D eigenvalue weighted by molar-refractivity contribution is -0.142. The van der Waals surface area contributed by atoms with Crippen molar-refractivity contribution in [1.29, 1.82) is 0 Å². The van der Waals surface area contributed by atoms with Crippen LogP contribution in [-0.4, -0.2) is 43.1 Å². The number of aryl methyl sites for hydroxylation is 1. The first-order chi connectivity index (χ1) is 11.3. The average molecular weight is 341 g/mol. The van der Waals surface area contributed by atoms with Crippen molar-refractivity contribution in [3.63, 3.8) is 0 Å². The first-order valence-corrected chi connectivity index (χ1v) is 7.74. The topological polar surface area (TPSA) is 56.0 Å². The molecule has 2 aromatic rings. The minimum atomic E-state index is -4.37. The van der Waals surface area contributed by atoms with Gasteiger partial charge in [-0.05, 0) is 31.4 Å². The van der Waals surface area contributed by atoms with Crippen LogP contribution in [0, 0.1) is 0 Å². The molecule has 1 amide bonds. The number of likely N-dealkylation sites (tertiary alicyclic amines) is 1. The van der Waals surface area contributed by atoms with Crippen molar-refractivity contribution in [2.75, 3.05) is 6.54 Å². The molecule has 1 atom stereocenters. The van der Waals surface area contributed by atoms with Gasteiger partial charge in [-0.15, -0.1) is 0 Å². The molecule has 0 saturated carbocycles. The van der Waals surface area contributed by atoms with Gasteiger partial charge in [-0.25, -0.2) is 0 Å². The van der Waals surface area contributed by atoms with Gasteiger partial charge in [-0.1, -0.05) is 0 Å². The van der Waals surface area contributed by atoms with Crippen molar-refractivity contribution >= 4 is 5.91 Å². The number of rotatable bonds is 3. The lowest BCUT2D eigenvalue weighted by atomic mass is 9.99. The number of hydrogen-bond acceptors (Lipinski definition) is 3. The van der Waals surface area contributed by atoms with Gasteiger partial charge in [0.05, 0.1) is 11.7 Å². The van der Waals surface area contributed by atoms with Crippen LogP contribution in [0.2, 0.25) is 0 Å². The molecule has 130 valence electrons. The standard InChI is InChI=1S/C15H18F3N5O/c1-21-12(5-7-19-21)13-4-2-3-8-23(13)14(24)11-6-9-22(20-11)10-15(16,17)18/h5-7,9,13H,2-4,8,10H2,1H3. The maximum atomic E-state index is 12.7. The fraction of sp³-hybridized carbons (Fsp3) is 0.533. The number of carbonyl (C=O) groups is 1. The summed E-state index contributed by atoms with van der Waals surface area (Å²) < 4.78 is 39.8. The van der Waals surface area contributed by atoms with Crippen molar-refractivity contribution in [2.24, 2.45) is 7.05 Å². The number of hydrogen-bond donors (Lipinski definition) is 0. The Bertz CT molecular complexity index is 721.